The van der Waals surface area contributed by atoms with Crippen LogP contribution in [-0.4, -0.2) is 16.0 Å². The van der Waals surface area contributed by atoms with Crippen LogP contribution in [0, 0.1) is 3.57 Å². The second-order valence-corrected chi connectivity index (χ2v) is 8.91. The fourth-order valence-corrected chi connectivity index (χ4v) is 4.15. The van der Waals surface area contributed by atoms with Crippen LogP contribution in [0.5, 0.6) is 0 Å². The first-order valence-corrected chi connectivity index (χ1v) is 10.9. The molecule has 9 heteroatoms. The molecule has 1 saturated heterocycles. The largest absolute Gasteiger partial charge is 0.457 e. The van der Waals surface area contributed by atoms with Gasteiger partial charge in [-0.05, 0) is 76.3 Å². The lowest BCUT2D eigenvalue weighted by Crippen LogP contribution is -2.27. The van der Waals surface area contributed by atoms with Crippen molar-refractivity contribution in [3.05, 3.63) is 86.0 Å². The predicted molar refractivity (Wildman–Crippen MR) is 120 cm³/mol. The minimum Gasteiger partial charge on any atom is -0.457 e. The molecular weight excluding hydrogens is 542 g/mol. The van der Waals surface area contributed by atoms with Gasteiger partial charge in [-0.25, -0.2) is 0 Å². The smallest absolute Gasteiger partial charge is 0.416 e. The Morgan fingerprint density at radius 3 is 2.48 bits per heavy atom. The highest BCUT2D eigenvalue weighted by atomic mass is 127. The Morgan fingerprint density at radius 2 is 1.77 bits per heavy atom. The number of rotatable bonds is 4. The number of nitrogens with zero attached hydrogens (tertiary/aromatic N) is 1. The molecule has 1 aromatic heterocycles. The van der Waals surface area contributed by atoms with Crippen molar-refractivity contribution in [2.75, 3.05) is 0 Å². The normalized spacial score (nSPS) is 15.9. The van der Waals surface area contributed by atoms with Crippen LogP contribution in [-0.2, 0) is 17.5 Å². The molecule has 158 valence electrons. The Labute approximate surface area is 193 Å². The Hall–Kier alpha value is -2.53. The van der Waals surface area contributed by atoms with Gasteiger partial charge in [0.25, 0.3) is 11.1 Å². The zero-order valence-corrected chi connectivity index (χ0v) is 18.6. The SMILES string of the molecule is O=C1S/C(=C\c2ccc(-c3cccc(C(F)(F)F)c3)o2)C(=O)N1Cc1ccc(I)cc1. The van der Waals surface area contributed by atoms with Crippen LogP contribution in [0.4, 0.5) is 18.0 Å². The first kappa shape index (κ1) is 21.7. The average Bonchev–Trinajstić information content (AvgIpc) is 3.29. The van der Waals surface area contributed by atoms with Crippen LogP contribution in [0.25, 0.3) is 17.4 Å². The third kappa shape index (κ3) is 4.87. The predicted octanol–water partition coefficient (Wildman–Crippen LogP) is 6.81. The van der Waals surface area contributed by atoms with Crippen LogP contribution in [0.1, 0.15) is 16.9 Å². The molecule has 2 heterocycles. The number of benzene rings is 2. The van der Waals surface area contributed by atoms with Crippen molar-refractivity contribution in [2.24, 2.45) is 0 Å². The summed E-state index contributed by atoms with van der Waals surface area (Å²) in [6.07, 6.45) is -3.03. The summed E-state index contributed by atoms with van der Waals surface area (Å²) in [7, 11) is 0. The van der Waals surface area contributed by atoms with E-state index in [1.54, 1.807) is 6.07 Å². The second kappa shape index (κ2) is 8.54. The fraction of sp³-hybridized carbons (Fsp3) is 0.0909. The summed E-state index contributed by atoms with van der Waals surface area (Å²) in [5.41, 5.74) is 0.315. The van der Waals surface area contributed by atoms with Crippen molar-refractivity contribution in [1.82, 2.24) is 4.90 Å². The highest BCUT2D eigenvalue weighted by Gasteiger charge is 2.35. The highest BCUT2D eigenvalue weighted by molar-refractivity contribution is 14.1. The van der Waals surface area contributed by atoms with E-state index in [9.17, 15) is 22.8 Å². The van der Waals surface area contributed by atoms with Gasteiger partial charge in [-0.3, -0.25) is 14.5 Å². The summed E-state index contributed by atoms with van der Waals surface area (Å²) in [5, 5.41) is -0.389. The fourth-order valence-electron chi connectivity index (χ4n) is 2.97. The molecule has 0 bridgehead atoms. The monoisotopic (exact) mass is 555 g/mol. The lowest BCUT2D eigenvalue weighted by molar-refractivity contribution is -0.137. The molecular formula is C22H13F3INO3S. The Morgan fingerprint density at radius 1 is 1.03 bits per heavy atom. The van der Waals surface area contributed by atoms with Crippen molar-refractivity contribution >= 4 is 51.6 Å². The lowest BCUT2D eigenvalue weighted by atomic mass is 10.1. The number of hydrogen-bond donors (Lipinski definition) is 0. The Balaban J connectivity index is 1.53. The van der Waals surface area contributed by atoms with Crippen LogP contribution < -0.4 is 0 Å². The van der Waals surface area contributed by atoms with E-state index in [0.29, 0.717) is 0 Å². The molecule has 31 heavy (non-hydrogen) atoms. The minimum atomic E-state index is -4.46. The molecule has 0 aliphatic carbocycles. The van der Waals surface area contributed by atoms with Crippen LogP contribution in [0.2, 0.25) is 0 Å². The van der Waals surface area contributed by atoms with Gasteiger partial charge in [0.05, 0.1) is 17.0 Å². The van der Waals surface area contributed by atoms with Crippen LogP contribution in [0.3, 0.4) is 0 Å². The van der Waals surface area contributed by atoms with Crippen molar-refractivity contribution in [3.63, 3.8) is 0 Å². The molecule has 4 nitrogen and oxygen atoms in total. The quantitative estimate of drug-likeness (QED) is 0.262. The molecule has 0 atom stereocenters. The van der Waals surface area contributed by atoms with Gasteiger partial charge < -0.3 is 4.42 Å². The topological polar surface area (TPSA) is 50.5 Å². The first-order chi connectivity index (χ1) is 14.7. The van der Waals surface area contributed by atoms with Gasteiger partial charge in [0, 0.05) is 15.2 Å². The minimum absolute atomic E-state index is 0.159. The summed E-state index contributed by atoms with van der Waals surface area (Å²) >= 11 is 2.97. The number of carbonyl (C=O) groups excluding carboxylic acids is 2. The van der Waals surface area contributed by atoms with E-state index in [4.69, 9.17) is 4.42 Å². The number of imide groups is 1. The van der Waals surface area contributed by atoms with Gasteiger partial charge in [-0.15, -0.1) is 0 Å². The summed E-state index contributed by atoms with van der Waals surface area (Å²) in [4.78, 5) is 26.3. The molecule has 2 amide bonds. The third-order valence-electron chi connectivity index (χ3n) is 4.50. The van der Waals surface area contributed by atoms with E-state index < -0.39 is 17.6 Å². The van der Waals surface area contributed by atoms with Gasteiger partial charge in [0.2, 0.25) is 0 Å². The molecule has 1 fully saturated rings. The summed E-state index contributed by atoms with van der Waals surface area (Å²) in [6, 6.07) is 15.3. The van der Waals surface area contributed by atoms with E-state index in [0.717, 1.165) is 37.9 Å². The van der Waals surface area contributed by atoms with E-state index in [2.05, 4.69) is 22.6 Å². The number of hydrogen-bond acceptors (Lipinski definition) is 4. The number of carbonyl (C=O) groups is 2. The van der Waals surface area contributed by atoms with Crippen molar-refractivity contribution in [1.29, 1.82) is 0 Å². The van der Waals surface area contributed by atoms with Gasteiger partial charge >= 0.3 is 6.18 Å². The third-order valence-corrected chi connectivity index (χ3v) is 6.13. The molecule has 0 saturated carbocycles. The Bertz CT molecular complexity index is 1190. The number of thioether (sulfide) groups is 1. The average molecular weight is 555 g/mol. The zero-order valence-electron chi connectivity index (χ0n) is 15.7. The number of furan rings is 1. The standard InChI is InChI=1S/C22H13F3INO3S/c23-22(24,25)15-3-1-2-14(10-15)18-9-8-17(30-18)11-19-20(28)27(21(29)31-19)12-13-4-6-16(26)7-5-13/h1-11H,12H2/b19-11-. The molecule has 1 aliphatic rings. The van der Waals surface area contributed by atoms with E-state index in [1.807, 2.05) is 24.3 Å². The molecule has 3 aromatic rings. The maximum atomic E-state index is 12.9. The van der Waals surface area contributed by atoms with Gasteiger partial charge in [0.1, 0.15) is 11.5 Å². The molecule has 0 radical (unpaired) electrons. The highest BCUT2D eigenvalue weighted by Crippen LogP contribution is 2.35. The van der Waals surface area contributed by atoms with Gasteiger partial charge in [-0.2, -0.15) is 13.2 Å². The Kier molecular flexibility index (Phi) is 5.98. The maximum absolute atomic E-state index is 12.9. The summed E-state index contributed by atoms with van der Waals surface area (Å²) in [5.74, 6) is 0.0632. The summed E-state index contributed by atoms with van der Waals surface area (Å²) in [6.45, 7) is 0.159. The molecule has 0 N–H and O–H groups in total. The molecule has 0 unspecified atom stereocenters. The number of amides is 2. The van der Waals surface area contributed by atoms with E-state index >= 15 is 0 Å². The summed E-state index contributed by atoms with van der Waals surface area (Å²) < 4.78 is 45.5. The number of alkyl halides is 3. The van der Waals surface area contributed by atoms with Crippen molar-refractivity contribution < 1.29 is 27.2 Å². The second-order valence-electron chi connectivity index (χ2n) is 6.67. The van der Waals surface area contributed by atoms with Crippen molar-refractivity contribution in [2.45, 2.75) is 12.7 Å². The lowest BCUT2D eigenvalue weighted by Gasteiger charge is -2.12. The first-order valence-electron chi connectivity index (χ1n) is 8.98. The molecule has 4 rings (SSSR count). The van der Waals surface area contributed by atoms with Gasteiger partial charge in [-0.1, -0.05) is 24.3 Å². The molecule has 2 aromatic carbocycles. The molecule has 1 aliphatic heterocycles. The maximum Gasteiger partial charge on any atom is 0.416 e. The van der Waals surface area contributed by atoms with Crippen LogP contribution >= 0.6 is 34.4 Å². The van der Waals surface area contributed by atoms with E-state index in [1.165, 1.54) is 24.3 Å². The number of halogens is 4. The molecule has 0 spiro atoms. The van der Waals surface area contributed by atoms with Crippen LogP contribution in [0.15, 0.2) is 70.0 Å². The van der Waals surface area contributed by atoms with E-state index in [-0.39, 0.29) is 33.8 Å². The van der Waals surface area contributed by atoms with Crippen molar-refractivity contribution in [3.8, 4) is 11.3 Å². The van der Waals surface area contributed by atoms with Gasteiger partial charge in [0.15, 0.2) is 0 Å². The zero-order chi connectivity index (χ0) is 22.2.